The average Bonchev–Trinajstić information content (AvgIpc) is 3.18. The molecule has 0 amide bonds. The van der Waals surface area contributed by atoms with Crippen molar-refractivity contribution in [2.45, 2.75) is 25.9 Å². The van der Waals surface area contributed by atoms with Crippen LogP contribution in [0.4, 0.5) is 4.39 Å². The van der Waals surface area contributed by atoms with Crippen LogP contribution in [0.2, 0.25) is 0 Å². The largest absolute Gasteiger partial charge is 0.454 e. The van der Waals surface area contributed by atoms with Crippen molar-refractivity contribution in [3.63, 3.8) is 0 Å². The summed E-state index contributed by atoms with van der Waals surface area (Å²) in [5.41, 5.74) is 3.65. The zero-order valence-corrected chi connectivity index (χ0v) is 15.8. The second kappa shape index (κ2) is 8.89. The predicted octanol–water partition coefficient (Wildman–Crippen LogP) is 5.19. The summed E-state index contributed by atoms with van der Waals surface area (Å²) in [7, 11) is 0. The van der Waals surface area contributed by atoms with Crippen molar-refractivity contribution in [2.75, 3.05) is 13.3 Å². The monoisotopic (exact) mass is 377 g/mol. The molecule has 3 aromatic rings. The van der Waals surface area contributed by atoms with Crippen LogP contribution in [0, 0.1) is 5.82 Å². The summed E-state index contributed by atoms with van der Waals surface area (Å²) in [5.74, 6) is 1.41. The number of hydrogen-bond acceptors (Lipinski definition) is 3. The second-order valence-corrected chi connectivity index (χ2v) is 7.11. The highest BCUT2D eigenvalue weighted by Crippen LogP contribution is 2.33. The lowest BCUT2D eigenvalue weighted by atomic mass is 10.1. The summed E-state index contributed by atoms with van der Waals surface area (Å²) < 4.78 is 24.2. The second-order valence-electron chi connectivity index (χ2n) is 7.11. The van der Waals surface area contributed by atoms with Gasteiger partial charge in [-0.25, -0.2) is 4.39 Å². The molecule has 1 aliphatic heterocycles. The van der Waals surface area contributed by atoms with Crippen molar-refractivity contribution in [3.05, 3.63) is 95.3 Å². The molecule has 0 saturated heterocycles. The molecule has 0 aromatic heterocycles. The van der Waals surface area contributed by atoms with Crippen LogP contribution in [0.5, 0.6) is 11.5 Å². The van der Waals surface area contributed by atoms with E-state index in [4.69, 9.17) is 9.47 Å². The zero-order valence-electron chi connectivity index (χ0n) is 15.8. The third-order valence-electron chi connectivity index (χ3n) is 4.95. The van der Waals surface area contributed by atoms with E-state index < -0.39 is 0 Å². The Morgan fingerprint density at radius 3 is 2.29 bits per heavy atom. The lowest BCUT2D eigenvalue weighted by molar-refractivity contribution is 0.174. The molecule has 4 heteroatoms. The lowest BCUT2D eigenvalue weighted by Gasteiger charge is -2.23. The van der Waals surface area contributed by atoms with E-state index in [0.717, 1.165) is 49.5 Å². The molecular weight excluding hydrogens is 353 g/mol. The number of halogens is 1. The van der Waals surface area contributed by atoms with Gasteiger partial charge < -0.3 is 9.47 Å². The summed E-state index contributed by atoms with van der Waals surface area (Å²) >= 11 is 0. The van der Waals surface area contributed by atoms with Gasteiger partial charge in [-0.3, -0.25) is 4.90 Å². The molecule has 0 aliphatic carbocycles. The Hall–Kier alpha value is -2.85. The third kappa shape index (κ3) is 4.90. The number of fused-ring (bicyclic) bond motifs is 1. The van der Waals surface area contributed by atoms with Gasteiger partial charge in [0.1, 0.15) is 5.82 Å². The molecular formula is C24H24FNO2. The van der Waals surface area contributed by atoms with Gasteiger partial charge in [0.05, 0.1) is 0 Å². The van der Waals surface area contributed by atoms with Crippen LogP contribution < -0.4 is 9.47 Å². The topological polar surface area (TPSA) is 21.7 Å². The van der Waals surface area contributed by atoms with Crippen LogP contribution in [-0.2, 0) is 19.5 Å². The van der Waals surface area contributed by atoms with Crippen molar-refractivity contribution in [1.29, 1.82) is 0 Å². The molecule has 28 heavy (non-hydrogen) atoms. The van der Waals surface area contributed by atoms with Gasteiger partial charge in [0.15, 0.2) is 11.5 Å². The van der Waals surface area contributed by atoms with E-state index in [-0.39, 0.29) is 12.6 Å². The van der Waals surface area contributed by atoms with Crippen LogP contribution in [0.3, 0.4) is 0 Å². The number of hydrogen-bond donors (Lipinski definition) is 0. The molecule has 4 rings (SSSR count). The van der Waals surface area contributed by atoms with Crippen LogP contribution in [0.15, 0.2) is 72.8 Å². The fraction of sp³-hybridized carbons (Fsp3) is 0.250. The van der Waals surface area contributed by atoms with Gasteiger partial charge in [-0.15, -0.1) is 0 Å². The normalized spacial score (nSPS) is 12.5. The molecule has 0 bridgehead atoms. The molecule has 0 atom stereocenters. The van der Waals surface area contributed by atoms with E-state index in [1.165, 1.54) is 23.3 Å². The Balaban J connectivity index is 1.43. The van der Waals surface area contributed by atoms with Crippen LogP contribution >= 0.6 is 0 Å². The summed E-state index contributed by atoms with van der Waals surface area (Å²) in [6.07, 6.45) is 2.11. The van der Waals surface area contributed by atoms with Crippen LogP contribution in [-0.4, -0.2) is 18.2 Å². The van der Waals surface area contributed by atoms with E-state index >= 15 is 0 Å². The summed E-state index contributed by atoms with van der Waals surface area (Å²) in [6, 6.07) is 23.4. The SMILES string of the molecule is Fc1ccc(CN(CCCc2ccccc2)Cc2ccc3c(c2)OCO3)cc1. The first kappa shape index (κ1) is 18.5. The lowest BCUT2D eigenvalue weighted by Crippen LogP contribution is -2.24. The molecule has 0 unspecified atom stereocenters. The number of rotatable bonds is 8. The molecule has 0 radical (unpaired) electrons. The first-order chi connectivity index (χ1) is 13.8. The molecule has 144 valence electrons. The van der Waals surface area contributed by atoms with Gasteiger partial charge in [-0.05, 0) is 60.3 Å². The maximum Gasteiger partial charge on any atom is 0.231 e. The van der Waals surface area contributed by atoms with Crippen LogP contribution in [0.1, 0.15) is 23.1 Å². The fourth-order valence-electron chi connectivity index (χ4n) is 3.51. The van der Waals surface area contributed by atoms with E-state index in [0.29, 0.717) is 0 Å². The summed E-state index contributed by atoms with van der Waals surface area (Å²) in [5, 5.41) is 0. The minimum absolute atomic E-state index is 0.199. The third-order valence-corrected chi connectivity index (χ3v) is 4.95. The number of nitrogens with zero attached hydrogens (tertiary/aromatic N) is 1. The first-order valence-electron chi connectivity index (χ1n) is 9.65. The highest BCUT2D eigenvalue weighted by molar-refractivity contribution is 5.44. The molecule has 0 N–H and O–H groups in total. The summed E-state index contributed by atoms with van der Waals surface area (Å²) in [4.78, 5) is 2.40. The Bertz CT molecular complexity index is 896. The predicted molar refractivity (Wildman–Crippen MR) is 108 cm³/mol. The Kier molecular flexibility index (Phi) is 5.88. The number of aryl methyl sites for hydroxylation is 1. The number of ether oxygens (including phenoxy) is 2. The van der Waals surface area contributed by atoms with E-state index in [9.17, 15) is 4.39 Å². The van der Waals surface area contributed by atoms with Gasteiger partial charge in [0, 0.05) is 13.1 Å². The smallest absolute Gasteiger partial charge is 0.231 e. The van der Waals surface area contributed by atoms with Crippen molar-refractivity contribution in [1.82, 2.24) is 4.90 Å². The van der Waals surface area contributed by atoms with Crippen molar-refractivity contribution >= 4 is 0 Å². The Labute approximate surface area is 165 Å². The van der Waals surface area contributed by atoms with E-state index in [1.807, 2.05) is 24.3 Å². The van der Waals surface area contributed by atoms with E-state index in [1.54, 1.807) is 0 Å². The van der Waals surface area contributed by atoms with Crippen molar-refractivity contribution in [2.24, 2.45) is 0 Å². The Morgan fingerprint density at radius 1 is 0.750 bits per heavy atom. The summed E-state index contributed by atoms with van der Waals surface area (Å²) in [6.45, 7) is 2.84. The zero-order chi connectivity index (χ0) is 19.2. The molecule has 0 saturated carbocycles. The highest BCUT2D eigenvalue weighted by Gasteiger charge is 2.15. The maximum atomic E-state index is 13.2. The van der Waals surface area contributed by atoms with Gasteiger partial charge in [-0.2, -0.15) is 0 Å². The minimum Gasteiger partial charge on any atom is -0.454 e. The molecule has 3 aromatic carbocycles. The van der Waals surface area contributed by atoms with E-state index in [2.05, 4.69) is 41.3 Å². The quantitative estimate of drug-likeness (QED) is 0.539. The van der Waals surface area contributed by atoms with Crippen LogP contribution in [0.25, 0.3) is 0 Å². The van der Waals surface area contributed by atoms with Gasteiger partial charge in [-0.1, -0.05) is 48.5 Å². The fourth-order valence-corrected chi connectivity index (χ4v) is 3.51. The van der Waals surface area contributed by atoms with Crippen molar-refractivity contribution < 1.29 is 13.9 Å². The molecule has 0 fully saturated rings. The van der Waals surface area contributed by atoms with Gasteiger partial charge >= 0.3 is 0 Å². The molecule has 3 nitrogen and oxygen atoms in total. The van der Waals surface area contributed by atoms with Gasteiger partial charge in [0.25, 0.3) is 0 Å². The first-order valence-corrected chi connectivity index (χ1v) is 9.65. The molecule has 1 heterocycles. The number of benzene rings is 3. The standard InChI is InChI=1S/C24H24FNO2/c25-22-11-8-20(9-12-22)16-26(14-4-7-19-5-2-1-3-6-19)17-21-10-13-23-24(15-21)28-18-27-23/h1-3,5-6,8-13,15H,4,7,14,16-18H2. The molecule has 0 spiro atoms. The Morgan fingerprint density at radius 2 is 1.46 bits per heavy atom. The average molecular weight is 377 g/mol. The van der Waals surface area contributed by atoms with Gasteiger partial charge in [0.2, 0.25) is 6.79 Å². The molecule has 1 aliphatic rings. The van der Waals surface area contributed by atoms with Crippen molar-refractivity contribution in [3.8, 4) is 11.5 Å². The maximum absolute atomic E-state index is 13.2. The minimum atomic E-state index is -0.199. The highest BCUT2D eigenvalue weighted by atomic mass is 19.1.